The zero-order valence-electron chi connectivity index (χ0n) is 23.6. The molecule has 0 saturated heterocycles. The molecule has 43 heavy (non-hydrogen) atoms. The number of nitrogens with one attached hydrogen (secondary N) is 1. The van der Waals surface area contributed by atoms with E-state index >= 15 is 0 Å². The Balaban J connectivity index is 0.00000506. The fraction of sp³-hybridized carbons (Fsp3) is 0.179. The van der Waals surface area contributed by atoms with Crippen molar-refractivity contribution in [3.8, 4) is 28.6 Å². The number of carbonyl (C=O) groups is 1. The first-order chi connectivity index (χ1) is 20.0. The molecule has 0 saturated carbocycles. The second-order valence-electron chi connectivity index (χ2n) is 8.76. The molecule has 0 unspecified atom stereocenters. The number of hydrazone groups is 1. The standard InChI is InChI=1S/C28H25F3N6O4S.Na/c1-17-12-23(40-3)13-18(2)25(17)34-27(42-15-24(38)39)35-33-14-19-4-6-20(7-5-19)26-32-16-37(36-26)21-8-10-22(11-9-21)41-28(29,30)31;/h4-14,16H,15H2,1-3H3,(H,34,35)(H,38,39);/q;+1/b33-14+;. The number of ether oxygens (including phenoxy) is 2. The molecule has 0 radical (unpaired) electrons. The van der Waals surface area contributed by atoms with E-state index in [0.717, 1.165) is 28.5 Å². The number of aliphatic imine (C=N–C) groups is 1. The number of hydrogen-bond donors (Lipinski definition) is 2. The van der Waals surface area contributed by atoms with Crippen LogP contribution in [-0.2, 0) is 4.79 Å². The van der Waals surface area contributed by atoms with Gasteiger partial charge in [-0.1, -0.05) is 36.0 Å². The van der Waals surface area contributed by atoms with Gasteiger partial charge in [-0.3, -0.25) is 10.2 Å². The maximum Gasteiger partial charge on any atom is 1.00 e. The summed E-state index contributed by atoms with van der Waals surface area (Å²) in [6, 6.07) is 16.1. The number of halogens is 3. The third-order valence-electron chi connectivity index (χ3n) is 5.62. The number of hydrogen-bond acceptors (Lipinski definition) is 8. The summed E-state index contributed by atoms with van der Waals surface area (Å²) in [6.45, 7) is 3.78. The van der Waals surface area contributed by atoms with Crippen molar-refractivity contribution in [2.24, 2.45) is 10.1 Å². The molecule has 0 atom stereocenters. The van der Waals surface area contributed by atoms with Crippen LogP contribution in [0.1, 0.15) is 16.7 Å². The third kappa shape index (κ3) is 9.85. The van der Waals surface area contributed by atoms with Gasteiger partial charge in [0.05, 0.1) is 30.5 Å². The van der Waals surface area contributed by atoms with E-state index in [1.165, 1.54) is 35.3 Å². The number of alkyl halides is 3. The molecule has 0 bridgehead atoms. The van der Waals surface area contributed by atoms with Crippen LogP contribution in [0.5, 0.6) is 11.5 Å². The molecule has 4 rings (SSSR count). The van der Waals surface area contributed by atoms with Crippen LogP contribution in [-0.4, -0.2) is 56.4 Å². The molecule has 2 N–H and O–H groups in total. The Hall–Kier alpha value is -3.85. The summed E-state index contributed by atoms with van der Waals surface area (Å²) in [5.74, 6) is -0.398. The van der Waals surface area contributed by atoms with E-state index in [9.17, 15) is 18.0 Å². The third-order valence-corrected chi connectivity index (χ3v) is 6.46. The van der Waals surface area contributed by atoms with Crippen molar-refractivity contribution in [1.29, 1.82) is 0 Å². The van der Waals surface area contributed by atoms with Crippen LogP contribution < -0.4 is 44.5 Å². The van der Waals surface area contributed by atoms with Gasteiger partial charge in [0.15, 0.2) is 11.0 Å². The average molecular weight is 622 g/mol. The second kappa shape index (κ2) is 15.0. The average Bonchev–Trinajstić information content (AvgIpc) is 3.43. The molecule has 3 aromatic carbocycles. The summed E-state index contributed by atoms with van der Waals surface area (Å²) in [5.41, 5.74) is 7.21. The molecule has 0 amide bonds. The Morgan fingerprint density at radius 3 is 2.30 bits per heavy atom. The molecule has 0 fully saturated rings. The Labute approximate surface area is 271 Å². The number of aliphatic carboxylic acids is 1. The van der Waals surface area contributed by atoms with Gasteiger partial charge in [0.25, 0.3) is 0 Å². The van der Waals surface area contributed by atoms with Gasteiger partial charge in [0.1, 0.15) is 17.8 Å². The van der Waals surface area contributed by atoms with Crippen LogP contribution in [0.3, 0.4) is 0 Å². The molecule has 15 heteroatoms. The molecule has 4 aromatic rings. The predicted octanol–water partition coefficient (Wildman–Crippen LogP) is 2.89. The van der Waals surface area contributed by atoms with E-state index < -0.39 is 12.3 Å². The predicted molar refractivity (Wildman–Crippen MR) is 154 cm³/mol. The molecular formula is C28H25F3N6NaO4S+. The first-order valence-corrected chi connectivity index (χ1v) is 13.2. The fourth-order valence-corrected chi connectivity index (χ4v) is 4.27. The Bertz CT molecular complexity index is 1590. The van der Waals surface area contributed by atoms with E-state index in [2.05, 4.69) is 30.3 Å². The number of thioether (sulfide) groups is 1. The van der Waals surface area contributed by atoms with Crippen LogP contribution >= 0.6 is 11.8 Å². The number of rotatable bonds is 9. The van der Waals surface area contributed by atoms with Gasteiger partial charge in [-0.15, -0.1) is 18.3 Å². The van der Waals surface area contributed by atoms with Gasteiger partial charge >= 0.3 is 41.9 Å². The van der Waals surface area contributed by atoms with Gasteiger partial charge in [0, 0.05) is 5.56 Å². The van der Waals surface area contributed by atoms with Crippen molar-refractivity contribution in [2.45, 2.75) is 20.2 Å². The topological polar surface area (TPSA) is 123 Å². The second-order valence-corrected chi connectivity index (χ2v) is 9.72. The molecule has 0 aliphatic rings. The van der Waals surface area contributed by atoms with Crippen molar-refractivity contribution < 1.29 is 62.1 Å². The number of carboxylic acid groups (broad SMARTS) is 1. The fourth-order valence-electron chi connectivity index (χ4n) is 3.73. The summed E-state index contributed by atoms with van der Waals surface area (Å²) < 4.78 is 47.8. The maximum absolute atomic E-state index is 12.4. The maximum atomic E-state index is 12.4. The quantitative estimate of drug-likeness (QED) is 0.127. The van der Waals surface area contributed by atoms with Crippen LogP contribution in [0.25, 0.3) is 17.1 Å². The molecule has 0 aliphatic heterocycles. The van der Waals surface area contributed by atoms with E-state index in [-0.39, 0.29) is 41.1 Å². The van der Waals surface area contributed by atoms with Crippen LogP contribution in [0.15, 0.2) is 77.1 Å². The van der Waals surface area contributed by atoms with E-state index in [1.807, 2.05) is 26.0 Å². The SMILES string of the molecule is COc1cc(C)c(N=C(N/N=C/c2ccc(-c3ncn(-c4ccc(OC(F)(F)F)cc4)n3)cc2)SCC(=O)O)c(C)c1.[Na+]. The zero-order valence-corrected chi connectivity index (χ0v) is 26.4. The number of carboxylic acids is 1. The van der Waals surface area contributed by atoms with Crippen molar-refractivity contribution >= 4 is 34.8 Å². The van der Waals surface area contributed by atoms with Crippen molar-refractivity contribution in [3.63, 3.8) is 0 Å². The molecule has 0 spiro atoms. The van der Waals surface area contributed by atoms with Gasteiger partial charge in [-0.05, 0) is 66.9 Å². The molecule has 0 aliphatic carbocycles. The number of aromatic nitrogens is 3. The Morgan fingerprint density at radius 2 is 1.72 bits per heavy atom. The van der Waals surface area contributed by atoms with E-state index in [0.29, 0.717) is 33.7 Å². The van der Waals surface area contributed by atoms with E-state index in [4.69, 9.17) is 9.84 Å². The summed E-state index contributed by atoms with van der Waals surface area (Å²) in [7, 11) is 1.58. The first kappa shape index (κ1) is 33.6. The van der Waals surface area contributed by atoms with E-state index in [1.54, 1.807) is 37.6 Å². The number of amidine groups is 1. The van der Waals surface area contributed by atoms with Crippen LogP contribution in [0.2, 0.25) is 0 Å². The van der Waals surface area contributed by atoms with Crippen molar-refractivity contribution in [3.05, 3.63) is 83.7 Å². The summed E-state index contributed by atoms with van der Waals surface area (Å²) in [6.07, 6.45) is -1.75. The van der Waals surface area contributed by atoms with Crippen molar-refractivity contribution in [2.75, 3.05) is 12.9 Å². The largest absolute Gasteiger partial charge is 1.00 e. The normalized spacial score (nSPS) is 11.7. The van der Waals surface area contributed by atoms with Gasteiger partial charge in [-0.2, -0.15) is 5.10 Å². The Morgan fingerprint density at radius 1 is 1.07 bits per heavy atom. The number of aryl methyl sites for hydroxylation is 2. The minimum atomic E-state index is -4.76. The van der Waals surface area contributed by atoms with Crippen LogP contribution in [0.4, 0.5) is 18.9 Å². The number of methoxy groups -OCH3 is 1. The molecule has 218 valence electrons. The van der Waals surface area contributed by atoms with Gasteiger partial charge in [0.2, 0.25) is 0 Å². The smallest absolute Gasteiger partial charge is 0.497 e. The summed E-state index contributed by atoms with van der Waals surface area (Å²) in [4.78, 5) is 20.0. The minimum absolute atomic E-state index is 0. The van der Waals surface area contributed by atoms with Gasteiger partial charge < -0.3 is 14.6 Å². The molecule has 10 nitrogen and oxygen atoms in total. The monoisotopic (exact) mass is 621 g/mol. The van der Waals surface area contributed by atoms with Crippen molar-refractivity contribution in [1.82, 2.24) is 20.2 Å². The molecule has 1 heterocycles. The van der Waals surface area contributed by atoms with Gasteiger partial charge in [-0.25, -0.2) is 14.7 Å². The molecular weight excluding hydrogens is 596 g/mol. The number of benzene rings is 3. The minimum Gasteiger partial charge on any atom is -0.497 e. The Kier molecular flexibility index (Phi) is 11.8. The summed E-state index contributed by atoms with van der Waals surface area (Å²) >= 11 is 1.01. The van der Waals surface area contributed by atoms with Crippen LogP contribution in [0, 0.1) is 13.8 Å². The first-order valence-electron chi connectivity index (χ1n) is 12.3. The molecule has 1 aromatic heterocycles. The summed E-state index contributed by atoms with van der Waals surface area (Å²) in [5, 5.41) is 18.1. The number of nitrogens with zero attached hydrogens (tertiary/aromatic N) is 5. The zero-order chi connectivity index (χ0) is 30.3.